The lowest BCUT2D eigenvalue weighted by atomic mass is 9.90. The molecule has 3 N–H and O–H groups in total. The number of halogens is 1. The van der Waals surface area contributed by atoms with E-state index in [4.69, 9.17) is 16.6 Å². The molecule has 2 bridgehead atoms. The van der Waals surface area contributed by atoms with Crippen LogP contribution in [0.5, 0.6) is 0 Å². The molecule has 56 heavy (non-hydrogen) atoms. The molecule has 14 nitrogen and oxygen atoms in total. The van der Waals surface area contributed by atoms with Crippen molar-refractivity contribution in [2.24, 2.45) is 0 Å². The summed E-state index contributed by atoms with van der Waals surface area (Å²) in [6.45, 7) is 9.57. The van der Waals surface area contributed by atoms with Crippen molar-refractivity contribution in [2.75, 3.05) is 66.2 Å². The lowest BCUT2D eigenvalue weighted by Gasteiger charge is -2.37. The van der Waals surface area contributed by atoms with E-state index >= 15 is 0 Å². The van der Waals surface area contributed by atoms with Crippen LogP contribution >= 0.6 is 22.9 Å². The summed E-state index contributed by atoms with van der Waals surface area (Å²) in [6, 6.07) is 16.1. The molecule has 4 fully saturated rings. The Hall–Kier alpha value is -5.12. The van der Waals surface area contributed by atoms with E-state index in [0.717, 1.165) is 81.3 Å². The van der Waals surface area contributed by atoms with Crippen molar-refractivity contribution in [1.29, 1.82) is 0 Å². The second-order valence-electron chi connectivity index (χ2n) is 15.0. The number of aromatic nitrogens is 3. The third kappa shape index (κ3) is 8.20. The van der Waals surface area contributed by atoms with Crippen LogP contribution in [0.3, 0.4) is 0 Å². The van der Waals surface area contributed by atoms with Crippen molar-refractivity contribution in [3.8, 4) is 0 Å². The number of likely N-dealkylation sites (tertiary alicyclic amines) is 1. The minimum Gasteiger partial charge on any atom is -0.365 e. The highest BCUT2D eigenvalue weighted by molar-refractivity contribution is 7.17. The first-order valence-corrected chi connectivity index (χ1v) is 20.4. The number of carbonyl (C=O) groups excluding carboxylic acids is 4. The van der Waals surface area contributed by atoms with Gasteiger partial charge in [-0.1, -0.05) is 47.2 Å². The minimum atomic E-state index is -0.285. The van der Waals surface area contributed by atoms with Crippen LogP contribution in [0.4, 0.5) is 28.1 Å². The van der Waals surface area contributed by atoms with Crippen molar-refractivity contribution < 1.29 is 19.2 Å². The Balaban J connectivity index is 0.771. The van der Waals surface area contributed by atoms with E-state index in [0.29, 0.717) is 57.7 Å². The summed E-state index contributed by atoms with van der Waals surface area (Å²) < 4.78 is 0. The van der Waals surface area contributed by atoms with Crippen molar-refractivity contribution >= 4 is 74.7 Å². The van der Waals surface area contributed by atoms with E-state index < -0.39 is 0 Å². The van der Waals surface area contributed by atoms with Crippen LogP contribution in [0.2, 0.25) is 5.02 Å². The van der Waals surface area contributed by atoms with Gasteiger partial charge in [0.05, 0.1) is 28.9 Å². The zero-order valence-electron chi connectivity index (χ0n) is 31.5. The highest BCUT2D eigenvalue weighted by Gasteiger charge is 2.45. The number of benzene rings is 2. The molecular weight excluding hydrogens is 752 g/mol. The number of para-hydroxylation sites is 1. The molecule has 292 valence electrons. The van der Waals surface area contributed by atoms with Gasteiger partial charge in [0.2, 0.25) is 17.7 Å². The molecule has 0 spiro atoms. The fraction of sp³-hybridized carbons (Fsp3) is 0.425. The fourth-order valence-corrected chi connectivity index (χ4v) is 9.27. The van der Waals surface area contributed by atoms with Gasteiger partial charge in [0.1, 0.15) is 22.3 Å². The summed E-state index contributed by atoms with van der Waals surface area (Å²) in [5.41, 5.74) is 3.51. The summed E-state index contributed by atoms with van der Waals surface area (Å²) >= 11 is 7.53. The molecule has 4 saturated heterocycles. The molecule has 0 saturated carbocycles. The molecule has 4 aliphatic rings. The first-order chi connectivity index (χ1) is 27.1. The Kier molecular flexibility index (Phi) is 10.9. The van der Waals surface area contributed by atoms with Gasteiger partial charge in [0, 0.05) is 69.9 Å². The Labute approximate surface area is 334 Å². The first kappa shape index (κ1) is 37.8. The number of imide groups is 1. The zero-order chi connectivity index (χ0) is 38.9. The van der Waals surface area contributed by atoms with Crippen molar-refractivity contribution in [1.82, 2.24) is 30.1 Å². The summed E-state index contributed by atoms with van der Waals surface area (Å²) in [5.74, 6) is 1.34. The van der Waals surface area contributed by atoms with E-state index in [1.54, 1.807) is 6.07 Å². The van der Waals surface area contributed by atoms with Crippen LogP contribution in [-0.4, -0.2) is 106 Å². The van der Waals surface area contributed by atoms with Gasteiger partial charge in [-0.25, -0.2) is 15.0 Å². The summed E-state index contributed by atoms with van der Waals surface area (Å²) in [4.78, 5) is 73.4. The lowest BCUT2D eigenvalue weighted by molar-refractivity contribution is -0.134. The molecule has 2 aromatic carbocycles. The van der Waals surface area contributed by atoms with Gasteiger partial charge in [0.15, 0.2) is 5.13 Å². The predicted molar refractivity (Wildman–Crippen MR) is 217 cm³/mol. The van der Waals surface area contributed by atoms with Gasteiger partial charge >= 0.3 is 0 Å². The number of piperazine rings is 2. The number of hydrogen-bond donors (Lipinski definition) is 3. The van der Waals surface area contributed by atoms with E-state index in [-0.39, 0.29) is 35.6 Å². The molecule has 8 rings (SSSR count). The monoisotopic (exact) mass is 796 g/mol. The number of nitrogens with one attached hydrogen (secondary N) is 3. The van der Waals surface area contributed by atoms with Crippen LogP contribution in [-0.2, 0) is 14.4 Å². The van der Waals surface area contributed by atoms with Crippen LogP contribution in [0.25, 0.3) is 0 Å². The molecule has 2 aromatic heterocycles. The molecule has 4 aliphatic heterocycles. The number of rotatable bonds is 11. The number of carbonyl (C=O) groups is 4. The molecule has 0 aliphatic carbocycles. The molecule has 4 amide bonds. The molecule has 16 heteroatoms. The Bertz CT molecular complexity index is 2120. The van der Waals surface area contributed by atoms with Crippen LogP contribution < -0.4 is 25.8 Å². The molecular formula is C40H45ClN10O4S. The molecule has 0 radical (unpaired) electrons. The minimum absolute atomic E-state index is 0.202. The van der Waals surface area contributed by atoms with Crippen LogP contribution in [0.1, 0.15) is 64.6 Å². The van der Waals surface area contributed by atoms with Crippen molar-refractivity contribution in [2.45, 2.75) is 64.0 Å². The molecule has 3 atom stereocenters. The second kappa shape index (κ2) is 16.2. The number of amides is 4. The topological polar surface area (TPSA) is 156 Å². The maximum absolute atomic E-state index is 13.3. The number of thiazole rings is 1. The van der Waals surface area contributed by atoms with Gasteiger partial charge in [-0.2, -0.15) is 0 Å². The Morgan fingerprint density at radius 2 is 1.80 bits per heavy atom. The second-order valence-corrected chi connectivity index (χ2v) is 16.4. The summed E-state index contributed by atoms with van der Waals surface area (Å²) in [6.07, 6.45) is 4.80. The zero-order valence-corrected chi connectivity index (χ0v) is 33.0. The third-order valence-electron chi connectivity index (χ3n) is 11.2. The predicted octanol–water partition coefficient (Wildman–Crippen LogP) is 5.11. The fourth-order valence-electron chi connectivity index (χ4n) is 8.29. The van der Waals surface area contributed by atoms with E-state index in [1.807, 2.05) is 44.2 Å². The number of aryl methyl sites for hydroxylation is 2. The molecule has 4 aromatic rings. The number of fused-ring (bicyclic) bond motifs is 2. The molecule has 3 unspecified atom stereocenters. The van der Waals surface area contributed by atoms with Crippen LogP contribution in [0.15, 0.2) is 54.7 Å². The average molecular weight is 797 g/mol. The van der Waals surface area contributed by atoms with E-state index in [9.17, 15) is 19.2 Å². The normalized spacial score (nSPS) is 21.1. The quantitative estimate of drug-likeness (QED) is 0.174. The summed E-state index contributed by atoms with van der Waals surface area (Å²) in [5, 5.41) is 9.61. The van der Waals surface area contributed by atoms with E-state index in [1.165, 1.54) is 17.5 Å². The number of hydrogen-bond acceptors (Lipinski definition) is 12. The highest BCUT2D eigenvalue weighted by atomic mass is 35.5. The SMILES string of the molecule is Cc1nc(Nc2ncc(C(=O)Nc3c(C)cccc3Cl)s2)cc(N2CCN(CCCC(=O)N3CC4CC3CN4c3ccc(C4CCC(=O)NC4=O)cc3)CC2)n1. The van der Waals surface area contributed by atoms with Gasteiger partial charge in [-0.15, -0.1) is 0 Å². The lowest BCUT2D eigenvalue weighted by Crippen LogP contribution is -2.49. The summed E-state index contributed by atoms with van der Waals surface area (Å²) in [7, 11) is 0. The van der Waals surface area contributed by atoms with Crippen LogP contribution in [0, 0.1) is 13.8 Å². The maximum atomic E-state index is 13.3. The molecule has 6 heterocycles. The first-order valence-electron chi connectivity index (χ1n) is 19.2. The Morgan fingerprint density at radius 3 is 2.54 bits per heavy atom. The number of piperidine rings is 1. The highest BCUT2D eigenvalue weighted by Crippen LogP contribution is 2.36. The average Bonchev–Trinajstić information content (AvgIpc) is 3.94. The number of nitrogens with zero attached hydrogens (tertiary/aromatic N) is 7. The maximum Gasteiger partial charge on any atom is 0.267 e. The van der Waals surface area contributed by atoms with Gasteiger partial charge in [0.25, 0.3) is 5.91 Å². The van der Waals surface area contributed by atoms with Crippen molar-refractivity contribution in [3.05, 3.63) is 81.6 Å². The Morgan fingerprint density at radius 1 is 1.00 bits per heavy atom. The van der Waals surface area contributed by atoms with Crippen molar-refractivity contribution in [3.63, 3.8) is 0 Å². The number of anilines is 5. The third-order valence-corrected chi connectivity index (χ3v) is 12.5. The standard InChI is InChI=1S/C40H45ClN10O4S/c1-24-5-3-6-31(41)37(24)47-39(55)32-21-42-40(56-32)45-33-20-34(44-25(2)43-33)49-17-15-48(16-18-49)14-4-7-36(53)51-23-28-19-29(51)22-50(28)27-10-8-26(9-11-27)30-12-13-35(52)46-38(30)54/h3,5-6,8-11,20-21,28-30H,4,7,12-19,22-23H2,1-2H3,(H,47,55)(H,46,52,54)(H,42,43,44,45). The van der Waals surface area contributed by atoms with Gasteiger partial charge in [-0.3, -0.25) is 29.4 Å². The smallest absolute Gasteiger partial charge is 0.267 e. The van der Waals surface area contributed by atoms with Gasteiger partial charge < -0.3 is 25.3 Å². The largest absolute Gasteiger partial charge is 0.365 e. The van der Waals surface area contributed by atoms with E-state index in [2.05, 4.69) is 57.7 Å². The van der Waals surface area contributed by atoms with Gasteiger partial charge in [-0.05, 0) is 69.0 Å².